The maximum Gasteiger partial charge on any atom is 0.270 e. The highest BCUT2D eigenvalue weighted by Gasteiger charge is 2.09. The first-order valence-electron chi connectivity index (χ1n) is 6.33. The molecule has 0 aliphatic carbocycles. The summed E-state index contributed by atoms with van der Waals surface area (Å²) in [5.74, 6) is 0. The number of nitro benzene ring substituents is 1. The third-order valence-corrected chi connectivity index (χ3v) is 4.18. The second kappa shape index (κ2) is 7.64. The van der Waals surface area contributed by atoms with E-state index in [1.807, 2.05) is 0 Å². The van der Waals surface area contributed by atoms with Gasteiger partial charge in [0.05, 0.1) is 4.92 Å². The van der Waals surface area contributed by atoms with Crippen LogP contribution in [-0.4, -0.2) is 36.0 Å². The molecule has 0 aliphatic heterocycles. The first-order valence-corrected chi connectivity index (χ1v) is 7.41. The average molecular weight is 377 g/mol. The Bertz CT molecular complexity index is 440. The first kappa shape index (κ1) is 16.2. The van der Waals surface area contributed by atoms with Crippen molar-refractivity contribution in [2.45, 2.75) is 26.3 Å². The Balaban J connectivity index is 2.52. The number of halogens is 1. The fourth-order valence-electron chi connectivity index (χ4n) is 1.66. The highest BCUT2D eigenvalue weighted by Crippen LogP contribution is 2.23. The predicted octanol–water partition coefficient (Wildman–Crippen LogP) is 3.34. The van der Waals surface area contributed by atoms with Gasteiger partial charge in [-0.3, -0.25) is 10.1 Å². The summed E-state index contributed by atoms with van der Waals surface area (Å²) in [6.07, 6.45) is 1.13. The van der Waals surface area contributed by atoms with Crippen molar-refractivity contribution in [2.75, 3.05) is 25.5 Å². The van der Waals surface area contributed by atoms with E-state index in [4.69, 9.17) is 0 Å². The Kier molecular flexibility index (Phi) is 6.50. The summed E-state index contributed by atoms with van der Waals surface area (Å²) in [6, 6.07) is 5.45. The zero-order valence-electron chi connectivity index (χ0n) is 11.5. The molecule has 1 rings (SSSR count). The van der Waals surface area contributed by atoms with E-state index < -0.39 is 0 Å². The third kappa shape index (κ3) is 4.94. The SMILES string of the molecule is CCC(C)N(C)CCNc1ccc([N+](=O)[O-])cc1I. The van der Waals surface area contributed by atoms with Crippen LogP contribution in [0.2, 0.25) is 0 Å². The van der Waals surface area contributed by atoms with Gasteiger partial charge in [0, 0.05) is 40.5 Å². The molecule has 0 bridgehead atoms. The topological polar surface area (TPSA) is 58.4 Å². The van der Waals surface area contributed by atoms with Gasteiger partial charge in [0.2, 0.25) is 0 Å². The van der Waals surface area contributed by atoms with E-state index in [0.29, 0.717) is 6.04 Å². The van der Waals surface area contributed by atoms with Gasteiger partial charge < -0.3 is 10.2 Å². The van der Waals surface area contributed by atoms with Crippen molar-refractivity contribution < 1.29 is 4.92 Å². The van der Waals surface area contributed by atoms with Crippen LogP contribution < -0.4 is 5.32 Å². The van der Waals surface area contributed by atoms with Gasteiger partial charge in [-0.05, 0) is 49.0 Å². The molecule has 106 valence electrons. The number of benzene rings is 1. The Morgan fingerprint density at radius 2 is 2.21 bits per heavy atom. The molecule has 1 atom stereocenters. The molecule has 0 heterocycles. The van der Waals surface area contributed by atoms with Crippen molar-refractivity contribution in [1.29, 1.82) is 0 Å². The average Bonchev–Trinajstić information content (AvgIpc) is 2.39. The van der Waals surface area contributed by atoms with Crippen LogP contribution in [0.5, 0.6) is 0 Å². The van der Waals surface area contributed by atoms with Gasteiger partial charge in [0.25, 0.3) is 5.69 Å². The van der Waals surface area contributed by atoms with Gasteiger partial charge in [-0.2, -0.15) is 0 Å². The number of nitrogens with one attached hydrogen (secondary N) is 1. The molecule has 0 saturated heterocycles. The minimum atomic E-state index is -0.372. The Hall–Kier alpha value is -0.890. The van der Waals surface area contributed by atoms with Crippen LogP contribution in [0.15, 0.2) is 18.2 Å². The van der Waals surface area contributed by atoms with E-state index in [-0.39, 0.29) is 10.6 Å². The lowest BCUT2D eigenvalue weighted by Gasteiger charge is -2.23. The Labute approximate surface area is 127 Å². The maximum atomic E-state index is 10.7. The van der Waals surface area contributed by atoms with Crippen molar-refractivity contribution in [3.05, 3.63) is 31.9 Å². The van der Waals surface area contributed by atoms with Gasteiger partial charge in [-0.25, -0.2) is 0 Å². The Morgan fingerprint density at radius 3 is 2.74 bits per heavy atom. The van der Waals surface area contributed by atoms with Gasteiger partial charge in [-0.15, -0.1) is 0 Å². The van der Waals surface area contributed by atoms with Gasteiger partial charge in [0.15, 0.2) is 0 Å². The zero-order chi connectivity index (χ0) is 14.4. The predicted molar refractivity (Wildman–Crippen MR) is 86.7 cm³/mol. The fourth-order valence-corrected chi connectivity index (χ4v) is 2.35. The molecule has 6 heteroatoms. The van der Waals surface area contributed by atoms with Crippen molar-refractivity contribution in [1.82, 2.24) is 4.90 Å². The number of rotatable bonds is 7. The van der Waals surface area contributed by atoms with Crippen LogP contribution in [0, 0.1) is 13.7 Å². The van der Waals surface area contributed by atoms with Gasteiger partial charge in [0.1, 0.15) is 0 Å². The van der Waals surface area contributed by atoms with E-state index in [9.17, 15) is 10.1 Å². The molecule has 0 spiro atoms. The molecule has 1 unspecified atom stereocenters. The molecular weight excluding hydrogens is 357 g/mol. The van der Waals surface area contributed by atoms with Gasteiger partial charge >= 0.3 is 0 Å². The van der Waals surface area contributed by atoms with E-state index >= 15 is 0 Å². The monoisotopic (exact) mass is 377 g/mol. The number of nitro groups is 1. The van der Waals surface area contributed by atoms with Gasteiger partial charge in [-0.1, -0.05) is 6.92 Å². The normalized spacial score (nSPS) is 12.5. The number of non-ortho nitro benzene ring substituents is 1. The minimum Gasteiger partial charge on any atom is -0.383 e. The first-order chi connectivity index (χ1) is 8.95. The van der Waals surface area contributed by atoms with Crippen LogP contribution in [0.25, 0.3) is 0 Å². The molecule has 1 aromatic carbocycles. The molecule has 0 amide bonds. The Morgan fingerprint density at radius 1 is 1.53 bits per heavy atom. The van der Waals surface area contributed by atoms with Crippen molar-refractivity contribution >= 4 is 34.0 Å². The second-order valence-electron chi connectivity index (χ2n) is 4.59. The summed E-state index contributed by atoms with van der Waals surface area (Å²) in [6.45, 7) is 6.15. The van der Waals surface area contributed by atoms with Crippen molar-refractivity contribution in [2.24, 2.45) is 0 Å². The largest absolute Gasteiger partial charge is 0.383 e. The minimum absolute atomic E-state index is 0.131. The van der Waals surface area contributed by atoms with Crippen LogP contribution in [0.4, 0.5) is 11.4 Å². The highest BCUT2D eigenvalue weighted by atomic mass is 127. The summed E-state index contributed by atoms with van der Waals surface area (Å²) in [5, 5.41) is 14.0. The fraction of sp³-hybridized carbons (Fsp3) is 0.538. The summed E-state index contributed by atoms with van der Waals surface area (Å²) in [7, 11) is 2.11. The van der Waals surface area contributed by atoms with Crippen molar-refractivity contribution in [3.8, 4) is 0 Å². The lowest BCUT2D eigenvalue weighted by molar-refractivity contribution is -0.384. The molecule has 19 heavy (non-hydrogen) atoms. The molecule has 5 nitrogen and oxygen atoms in total. The number of anilines is 1. The quantitative estimate of drug-likeness (QED) is 0.450. The highest BCUT2D eigenvalue weighted by molar-refractivity contribution is 14.1. The number of hydrogen-bond acceptors (Lipinski definition) is 4. The third-order valence-electron chi connectivity index (χ3n) is 3.29. The summed E-state index contributed by atoms with van der Waals surface area (Å²) < 4.78 is 0.873. The van der Waals surface area contributed by atoms with E-state index in [2.05, 4.69) is 53.7 Å². The van der Waals surface area contributed by atoms with E-state index in [1.54, 1.807) is 12.1 Å². The van der Waals surface area contributed by atoms with Crippen molar-refractivity contribution in [3.63, 3.8) is 0 Å². The summed E-state index contributed by atoms with van der Waals surface area (Å²) >= 11 is 2.12. The standard InChI is InChI=1S/C13H20IN3O2/c1-4-10(2)16(3)8-7-15-13-6-5-11(17(18)19)9-12(13)14/h5-6,9-10,15H,4,7-8H2,1-3H3. The molecular formula is C13H20IN3O2. The van der Waals surface area contributed by atoms with E-state index in [1.165, 1.54) is 6.07 Å². The number of hydrogen-bond donors (Lipinski definition) is 1. The lowest BCUT2D eigenvalue weighted by atomic mass is 10.2. The summed E-state index contributed by atoms with van der Waals surface area (Å²) in [5.41, 5.74) is 1.08. The maximum absolute atomic E-state index is 10.7. The van der Waals surface area contributed by atoms with E-state index in [0.717, 1.165) is 28.8 Å². The molecule has 0 radical (unpaired) electrons. The molecule has 0 saturated carbocycles. The zero-order valence-corrected chi connectivity index (χ0v) is 13.7. The lowest BCUT2D eigenvalue weighted by Crippen LogP contribution is -2.32. The molecule has 0 aromatic heterocycles. The van der Waals surface area contributed by atoms with Crippen LogP contribution in [0.3, 0.4) is 0 Å². The number of likely N-dealkylation sites (N-methyl/N-ethyl adjacent to an activating group) is 1. The molecule has 1 N–H and O–H groups in total. The smallest absolute Gasteiger partial charge is 0.270 e. The molecule has 0 fully saturated rings. The molecule has 1 aromatic rings. The summed E-state index contributed by atoms with van der Waals surface area (Å²) in [4.78, 5) is 12.6. The number of nitrogens with zero attached hydrogens (tertiary/aromatic N) is 2. The second-order valence-corrected chi connectivity index (χ2v) is 5.75. The molecule has 0 aliphatic rings. The van der Waals surface area contributed by atoms with Crippen LogP contribution >= 0.6 is 22.6 Å². The van der Waals surface area contributed by atoms with Crippen LogP contribution in [0.1, 0.15) is 20.3 Å². The van der Waals surface area contributed by atoms with Crippen LogP contribution in [-0.2, 0) is 0 Å².